The quantitative estimate of drug-likeness (QED) is 0.692. The van der Waals surface area contributed by atoms with Gasteiger partial charge < -0.3 is 25.2 Å². The van der Waals surface area contributed by atoms with E-state index < -0.39 is 12.0 Å². The third-order valence-electron chi connectivity index (χ3n) is 7.24. The maximum absolute atomic E-state index is 13.2. The highest BCUT2D eigenvalue weighted by Gasteiger charge is 2.32. The van der Waals surface area contributed by atoms with Gasteiger partial charge in [-0.25, -0.2) is 0 Å². The lowest BCUT2D eigenvalue weighted by Crippen LogP contribution is -2.42. The van der Waals surface area contributed by atoms with E-state index in [1.54, 1.807) is 11.9 Å². The molecule has 32 heavy (non-hydrogen) atoms. The molecule has 1 atom stereocenters. The van der Waals surface area contributed by atoms with E-state index in [1.807, 2.05) is 23.1 Å². The Balaban J connectivity index is 1.42. The van der Waals surface area contributed by atoms with E-state index in [1.165, 1.54) is 20.0 Å². The first kappa shape index (κ1) is 22.6. The molecule has 0 saturated carbocycles. The number of benzene rings is 1. The van der Waals surface area contributed by atoms with Gasteiger partial charge >= 0.3 is 5.97 Å². The lowest BCUT2D eigenvalue weighted by molar-refractivity contribution is -0.143. The minimum Gasteiger partial charge on any atom is -0.469 e. The topological polar surface area (TPSA) is 91.0 Å². The summed E-state index contributed by atoms with van der Waals surface area (Å²) in [6.45, 7) is 4.23. The number of amides is 2. The zero-order chi connectivity index (χ0) is 22.7. The number of methoxy groups -OCH3 is 1. The molecule has 8 heteroatoms. The van der Waals surface area contributed by atoms with Crippen molar-refractivity contribution in [2.45, 2.75) is 44.7 Å². The summed E-state index contributed by atoms with van der Waals surface area (Å²) < 4.78 is 4.73. The van der Waals surface area contributed by atoms with Gasteiger partial charge in [0.15, 0.2) is 0 Å². The fourth-order valence-corrected chi connectivity index (χ4v) is 5.31. The standard InChI is InChI=1S/C24H34N4O4/c1-27-15-19-13-18(3-4-20(19)26-21(24(27)31)14-22(29)32-2)23(30)28-11-7-17(8-12-28)16-5-9-25-10-6-16/h3-4,13,16-17,21,25-26H,5-12,14-15H2,1-2H3/t21-/m0/s1. The monoisotopic (exact) mass is 442 g/mol. The molecule has 4 rings (SSSR count). The third-order valence-corrected chi connectivity index (χ3v) is 7.24. The maximum atomic E-state index is 13.2. The van der Waals surface area contributed by atoms with Crippen LogP contribution in [0.15, 0.2) is 18.2 Å². The summed E-state index contributed by atoms with van der Waals surface area (Å²) >= 11 is 0. The molecular weight excluding hydrogens is 408 g/mol. The van der Waals surface area contributed by atoms with E-state index in [0.29, 0.717) is 12.1 Å². The number of likely N-dealkylation sites (N-methyl/N-ethyl adjacent to an activating group) is 1. The van der Waals surface area contributed by atoms with Crippen molar-refractivity contribution in [2.24, 2.45) is 11.8 Å². The largest absolute Gasteiger partial charge is 0.469 e. The summed E-state index contributed by atoms with van der Waals surface area (Å²) in [5.41, 5.74) is 2.31. The molecule has 2 N–H and O–H groups in total. The number of hydrogen-bond acceptors (Lipinski definition) is 6. The van der Waals surface area contributed by atoms with Gasteiger partial charge in [0.1, 0.15) is 6.04 Å². The van der Waals surface area contributed by atoms with Crippen LogP contribution in [0.1, 0.15) is 48.0 Å². The number of carbonyl (C=O) groups excluding carboxylic acids is 3. The van der Waals surface area contributed by atoms with Crippen LogP contribution < -0.4 is 10.6 Å². The number of hydrogen-bond donors (Lipinski definition) is 2. The number of ether oxygens (including phenoxy) is 1. The summed E-state index contributed by atoms with van der Waals surface area (Å²) in [6, 6.07) is 4.87. The SMILES string of the molecule is COC(=O)C[C@@H]1Nc2ccc(C(=O)N3CCC(C4CCNCC4)CC3)cc2CN(C)C1=O. The van der Waals surface area contributed by atoms with Crippen molar-refractivity contribution >= 4 is 23.5 Å². The van der Waals surface area contributed by atoms with Crippen LogP contribution in [0.5, 0.6) is 0 Å². The number of esters is 1. The van der Waals surface area contributed by atoms with Crippen molar-refractivity contribution in [2.75, 3.05) is 45.7 Å². The first-order chi connectivity index (χ1) is 15.5. The van der Waals surface area contributed by atoms with Crippen LogP contribution in [0.3, 0.4) is 0 Å². The van der Waals surface area contributed by atoms with E-state index in [9.17, 15) is 14.4 Å². The molecule has 0 radical (unpaired) electrons. The van der Waals surface area contributed by atoms with Crippen molar-refractivity contribution in [1.29, 1.82) is 0 Å². The molecule has 1 aromatic rings. The summed E-state index contributed by atoms with van der Waals surface area (Å²) in [7, 11) is 3.03. The molecule has 3 aliphatic rings. The van der Waals surface area contributed by atoms with Gasteiger partial charge in [0, 0.05) is 37.9 Å². The smallest absolute Gasteiger partial charge is 0.308 e. The van der Waals surface area contributed by atoms with Gasteiger partial charge in [-0.3, -0.25) is 14.4 Å². The Kier molecular flexibility index (Phi) is 6.98. The third kappa shape index (κ3) is 4.90. The highest BCUT2D eigenvalue weighted by molar-refractivity contribution is 5.96. The number of carbonyl (C=O) groups is 3. The van der Waals surface area contributed by atoms with E-state index in [4.69, 9.17) is 4.74 Å². The Morgan fingerprint density at radius 2 is 1.78 bits per heavy atom. The van der Waals surface area contributed by atoms with Crippen molar-refractivity contribution in [3.05, 3.63) is 29.3 Å². The first-order valence-corrected chi connectivity index (χ1v) is 11.7. The Bertz CT molecular complexity index is 860. The van der Waals surface area contributed by atoms with Gasteiger partial charge in [0.25, 0.3) is 5.91 Å². The van der Waals surface area contributed by atoms with Gasteiger partial charge in [-0.15, -0.1) is 0 Å². The van der Waals surface area contributed by atoms with Gasteiger partial charge in [0.2, 0.25) is 5.91 Å². The van der Waals surface area contributed by atoms with Crippen LogP contribution >= 0.6 is 0 Å². The molecule has 2 amide bonds. The molecule has 2 fully saturated rings. The molecular formula is C24H34N4O4. The Morgan fingerprint density at radius 3 is 2.47 bits per heavy atom. The number of piperidine rings is 2. The van der Waals surface area contributed by atoms with Crippen LogP contribution in [0.4, 0.5) is 5.69 Å². The van der Waals surface area contributed by atoms with Crippen molar-refractivity contribution < 1.29 is 19.1 Å². The van der Waals surface area contributed by atoms with Crippen LogP contribution in [-0.2, 0) is 20.9 Å². The van der Waals surface area contributed by atoms with Crippen LogP contribution in [0.25, 0.3) is 0 Å². The molecule has 0 aliphatic carbocycles. The zero-order valence-electron chi connectivity index (χ0n) is 19.1. The average Bonchev–Trinajstić information content (AvgIpc) is 2.94. The van der Waals surface area contributed by atoms with Crippen molar-refractivity contribution in [3.8, 4) is 0 Å². The Morgan fingerprint density at radius 1 is 1.09 bits per heavy atom. The van der Waals surface area contributed by atoms with Crippen LogP contribution in [0.2, 0.25) is 0 Å². The fourth-order valence-electron chi connectivity index (χ4n) is 5.31. The lowest BCUT2D eigenvalue weighted by atomic mass is 9.79. The molecule has 0 spiro atoms. The van der Waals surface area contributed by atoms with Crippen molar-refractivity contribution in [3.63, 3.8) is 0 Å². The molecule has 3 heterocycles. The molecule has 174 valence electrons. The normalized spacial score (nSPS) is 22.7. The number of nitrogens with one attached hydrogen (secondary N) is 2. The molecule has 8 nitrogen and oxygen atoms in total. The number of anilines is 1. The van der Waals surface area contributed by atoms with E-state index in [-0.39, 0.29) is 18.2 Å². The molecule has 3 aliphatic heterocycles. The zero-order valence-corrected chi connectivity index (χ0v) is 19.1. The highest BCUT2D eigenvalue weighted by Crippen LogP contribution is 2.32. The fraction of sp³-hybridized carbons (Fsp3) is 0.625. The van der Waals surface area contributed by atoms with E-state index >= 15 is 0 Å². The Hall–Kier alpha value is -2.61. The predicted octanol–water partition coefficient (Wildman–Crippen LogP) is 1.85. The maximum Gasteiger partial charge on any atom is 0.308 e. The molecule has 0 unspecified atom stereocenters. The van der Waals surface area contributed by atoms with Crippen LogP contribution in [0, 0.1) is 11.8 Å². The number of rotatable bonds is 4. The molecule has 2 saturated heterocycles. The lowest BCUT2D eigenvalue weighted by Gasteiger charge is -2.37. The van der Waals surface area contributed by atoms with Crippen LogP contribution in [-0.4, -0.2) is 74.0 Å². The van der Waals surface area contributed by atoms with Gasteiger partial charge in [-0.2, -0.15) is 0 Å². The second-order valence-electron chi connectivity index (χ2n) is 9.26. The number of likely N-dealkylation sites (tertiary alicyclic amines) is 1. The molecule has 1 aromatic carbocycles. The minimum atomic E-state index is -0.677. The number of fused-ring (bicyclic) bond motifs is 1. The van der Waals surface area contributed by atoms with Gasteiger partial charge in [-0.05, 0) is 74.4 Å². The molecule has 0 aromatic heterocycles. The van der Waals surface area contributed by atoms with Gasteiger partial charge in [0.05, 0.1) is 13.5 Å². The first-order valence-electron chi connectivity index (χ1n) is 11.7. The van der Waals surface area contributed by atoms with E-state index in [2.05, 4.69) is 10.6 Å². The summed E-state index contributed by atoms with van der Waals surface area (Å²) in [6.07, 6.45) is 4.62. The highest BCUT2D eigenvalue weighted by atomic mass is 16.5. The average molecular weight is 443 g/mol. The summed E-state index contributed by atoms with van der Waals surface area (Å²) in [5, 5.41) is 6.61. The van der Waals surface area contributed by atoms with E-state index in [0.717, 1.165) is 62.1 Å². The second kappa shape index (κ2) is 9.90. The summed E-state index contributed by atoms with van der Waals surface area (Å²) in [5.74, 6) is 0.967. The van der Waals surface area contributed by atoms with Crippen molar-refractivity contribution in [1.82, 2.24) is 15.1 Å². The Labute approximate surface area is 189 Å². The second-order valence-corrected chi connectivity index (χ2v) is 9.26. The summed E-state index contributed by atoms with van der Waals surface area (Å²) in [4.78, 5) is 41.1. The predicted molar refractivity (Wildman–Crippen MR) is 121 cm³/mol. The minimum absolute atomic E-state index is 0.0359. The number of nitrogens with zero attached hydrogens (tertiary/aromatic N) is 2. The molecule has 0 bridgehead atoms. The van der Waals surface area contributed by atoms with Gasteiger partial charge in [-0.1, -0.05) is 0 Å².